The molecule has 4 aromatic rings. The van der Waals surface area contributed by atoms with Crippen LogP contribution in [0, 0.1) is 5.82 Å². The van der Waals surface area contributed by atoms with Gasteiger partial charge in [0.25, 0.3) is 0 Å². The number of para-hydroxylation sites is 1. The second-order valence-corrected chi connectivity index (χ2v) is 9.39. The van der Waals surface area contributed by atoms with E-state index in [1.165, 1.54) is 28.5 Å². The van der Waals surface area contributed by atoms with Crippen LogP contribution in [0.3, 0.4) is 0 Å². The molecule has 0 aromatic heterocycles. The average Bonchev–Trinajstić information content (AvgIpc) is 2.90. The molecule has 2 unspecified atom stereocenters. The Morgan fingerprint density at radius 3 is 2.62 bits per heavy atom. The van der Waals surface area contributed by atoms with Crippen molar-refractivity contribution >= 4 is 29.1 Å². The molecule has 6 heteroatoms. The standard InChI is InChI=1S/C31H30FNO3.ClH/c32-29-15-14-23(19-28(29)31(34)35)27-20-24(36-30-13-4-3-12-26(27)30)10-6-17-33-18-16-22-9-5-8-21-7-1-2-11-25(21)22;/h1-5,7-9,11-15,19,24,27,33H,6,10,16-18,20H2,(H,34,35);1H. The number of aromatic carboxylic acids is 1. The number of ether oxygens (including phenoxy) is 1. The number of fused-ring (bicyclic) bond motifs is 2. The predicted octanol–water partition coefficient (Wildman–Crippen LogP) is 6.99. The molecule has 192 valence electrons. The summed E-state index contributed by atoms with van der Waals surface area (Å²) in [5.74, 6) is -1.17. The fourth-order valence-corrected chi connectivity index (χ4v) is 5.22. The van der Waals surface area contributed by atoms with E-state index in [4.69, 9.17) is 4.74 Å². The Hall–Kier alpha value is -3.41. The minimum atomic E-state index is -1.25. The fourth-order valence-electron chi connectivity index (χ4n) is 5.22. The van der Waals surface area contributed by atoms with Gasteiger partial charge in [-0.1, -0.05) is 66.7 Å². The highest BCUT2D eigenvalue weighted by Crippen LogP contribution is 2.41. The molecular weight excluding hydrogens is 489 g/mol. The van der Waals surface area contributed by atoms with E-state index in [1.807, 2.05) is 24.3 Å². The number of carboxylic acids is 1. The van der Waals surface area contributed by atoms with E-state index >= 15 is 0 Å². The molecule has 0 fully saturated rings. The van der Waals surface area contributed by atoms with Crippen molar-refractivity contribution in [3.05, 3.63) is 113 Å². The maximum atomic E-state index is 14.0. The van der Waals surface area contributed by atoms with Crippen LogP contribution in [0.15, 0.2) is 84.9 Å². The molecule has 2 atom stereocenters. The summed E-state index contributed by atoms with van der Waals surface area (Å²) in [6.45, 7) is 1.81. The molecule has 0 amide bonds. The molecule has 1 aliphatic heterocycles. The van der Waals surface area contributed by atoms with E-state index in [-0.39, 0.29) is 30.0 Å². The van der Waals surface area contributed by atoms with Gasteiger partial charge in [0.05, 0.1) is 11.7 Å². The minimum Gasteiger partial charge on any atom is -0.490 e. The Bertz CT molecular complexity index is 1370. The SMILES string of the molecule is Cl.O=C(O)c1cc(C2CC(CCCNCCc3cccc4ccccc34)Oc3ccccc32)ccc1F. The van der Waals surface area contributed by atoms with Gasteiger partial charge in [0.2, 0.25) is 0 Å². The van der Waals surface area contributed by atoms with E-state index in [2.05, 4.69) is 47.8 Å². The number of halogens is 2. The smallest absolute Gasteiger partial charge is 0.338 e. The largest absolute Gasteiger partial charge is 0.490 e. The third-order valence-corrected chi connectivity index (χ3v) is 7.04. The monoisotopic (exact) mass is 519 g/mol. The van der Waals surface area contributed by atoms with Crippen LogP contribution in [-0.2, 0) is 6.42 Å². The normalized spacial score (nSPS) is 16.5. The number of hydrogen-bond acceptors (Lipinski definition) is 3. The van der Waals surface area contributed by atoms with Gasteiger partial charge in [-0.05, 0) is 78.9 Å². The lowest BCUT2D eigenvalue weighted by Crippen LogP contribution is -2.28. The van der Waals surface area contributed by atoms with E-state index in [1.54, 1.807) is 6.07 Å². The van der Waals surface area contributed by atoms with Gasteiger partial charge in [0.15, 0.2) is 0 Å². The number of rotatable bonds is 9. The molecule has 1 aliphatic rings. The summed E-state index contributed by atoms with van der Waals surface area (Å²) < 4.78 is 20.3. The minimum absolute atomic E-state index is 0. The van der Waals surface area contributed by atoms with Crippen molar-refractivity contribution in [1.82, 2.24) is 5.32 Å². The number of carbonyl (C=O) groups is 1. The summed E-state index contributed by atoms with van der Waals surface area (Å²) in [4.78, 5) is 11.5. The zero-order chi connectivity index (χ0) is 24.9. The summed E-state index contributed by atoms with van der Waals surface area (Å²) in [6.07, 6.45) is 3.59. The molecule has 2 N–H and O–H groups in total. The average molecular weight is 520 g/mol. The fraction of sp³-hybridized carbons (Fsp3) is 0.258. The maximum Gasteiger partial charge on any atom is 0.338 e. The zero-order valence-electron chi connectivity index (χ0n) is 20.5. The Morgan fingerprint density at radius 1 is 0.973 bits per heavy atom. The molecule has 0 spiro atoms. The van der Waals surface area contributed by atoms with Crippen molar-refractivity contribution in [2.45, 2.75) is 37.7 Å². The van der Waals surface area contributed by atoms with Gasteiger partial charge in [-0.15, -0.1) is 12.4 Å². The molecule has 4 aromatic carbocycles. The molecule has 0 bridgehead atoms. The summed E-state index contributed by atoms with van der Waals surface area (Å²) >= 11 is 0. The van der Waals surface area contributed by atoms with E-state index < -0.39 is 11.8 Å². The van der Waals surface area contributed by atoms with Crippen molar-refractivity contribution in [1.29, 1.82) is 0 Å². The third-order valence-electron chi connectivity index (χ3n) is 7.04. The first-order valence-corrected chi connectivity index (χ1v) is 12.6. The summed E-state index contributed by atoms with van der Waals surface area (Å²) in [5, 5.41) is 15.5. The molecule has 4 nitrogen and oxygen atoms in total. The third kappa shape index (κ3) is 6.12. The topological polar surface area (TPSA) is 58.6 Å². The second-order valence-electron chi connectivity index (χ2n) is 9.39. The highest BCUT2D eigenvalue weighted by Gasteiger charge is 2.29. The molecule has 0 saturated carbocycles. The van der Waals surface area contributed by atoms with Gasteiger partial charge in [-0.3, -0.25) is 0 Å². The van der Waals surface area contributed by atoms with E-state index in [0.29, 0.717) is 0 Å². The van der Waals surface area contributed by atoms with Crippen molar-refractivity contribution in [3.8, 4) is 5.75 Å². The van der Waals surface area contributed by atoms with E-state index in [0.717, 1.165) is 55.6 Å². The van der Waals surface area contributed by atoms with Gasteiger partial charge >= 0.3 is 5.97 Å². The van der Waals surface area contributed by atoms with Gasteiger partial charge in [-0.25, -0.2) is 9.18 Å². The van der Waals surface area contributed by atoms with Crippen molar-refractivity contribution in [2.24, 2.45) is 0 Å². The van der Waals surface area contributed by atoms with Crippen LogP contribution in [0.1, 0.15) is 52.2 Å². The van der Waals surface area contributed by atoms with Crippen LogP contribution in [-0.4, -0.2) is 30.3 Å². The van der Waals surface area contributed by atoms with Crippen LogP contribution in [0.2, 0.25) is 0 Å². The predicted molar refractivity (Wildman–Crippen MR) is 148 cm³/mol. The van der Waals surface area contributed by atoms with Crippen LogP contribution >= 0.6 is 12.4 Å². The second kappa shape index (κ2) is 12.2. The maximum absolute atomic E-state index is 14.0. The molecule has 37 heavy (non-hydrogen) atoms. The molecular formula is C31H31ClFNO3. The first-order chi connectivity index (χ1) is 17.6. The summed E-state index contributed by atoms with van der Waals surface area (Å²) in [5.41, 5.74) is 2.90. The Morgan fingerprint density at radius 2 is 1.76 bits per heavy atom. The van der Waals surface area contributed by atoms with Crippen molar-refractivity contribution in [3.63, 3.8) is 0 Å². The lowest BCUT2D eigenvalue weighted by atomic mass is 9.82. The lowest BCUT2D eigenvalue weighted by Gasteiger charge is -2.33. The van der Waals surface area contributed by atoms with Gasteiger partial charge in [0.1, 0.15) is 11.6 Å². The summed E-state index contributed by atoms with van der Waals surface area (Å²) in [6, 6.07) is 27.2. The molecule has 0 aliphatic carbocycles. The first kappa shape index (κ1) is 26.6. The van der Waals surface area contributed by atoms with Crippen molar-refractivity contribution in [2.75, 3.05) is 13.1 Å². The molecule has 1 heterocycles. The van der Waals surface area contributed by atoms with Crippen LogP contribution in [0.5, 0.6) is 5.75 Å². The Labute approximate surface area is 222 Å². The number of benzene rings is 4. The number of carboxylic acid groups (broad SMARTS) is 1. The highest BCUT2D eigenvalue weighted by atomic mass is 35.5. The highest BCUT2D eigenvalue weighted by molar-refractivity contribution is 5.88. The van der Waals surface area contributed by atoms with Crippen LogP contribution < -0.4 is 10.1 Å². The molecule has 5 rings (SSSR count). The Kier molecular flexibility index (Phi) is 8.80. The Balaban J connectivity index is 0.00000320. The lowest BCUT2D eigenvalue weighted by molar-refractivity contribution is 0.0691. The van der Waals surface area contributed by atoms with Gasteiger partial charge < -0.3 is 15.2 Å². The van der Waals surface area contributed by atoms with E-state index in [9.17, 15) is 14.3 Å². The molecule has 0 radical (unpaired) electrons. The van der Waals surface area contributed by atoms with Crippen LogP contribution in [0.4, 0.5) is 4.39 Å². The first-order valence-electron chi connectivity index (χ1n) is 12.6. The molecule has 0 saturated heterocycles. The van der Waals surface area contributed by atoms with Crippen molar-refractivity contribution < 1.29 is 19.0 Å². The number of hydrogen-bond donors (Lipinski definition) is 2. The summed E-state index contributed by atoms with van der Waals surface area (Å²) in [7, 11) is 0. The quantitative estimate of drug-likeness (QED) is 0.234. The number of nitrogens with one attached hydrogen (secondary N) is 1. The van der Waals surface area contributed by atoms with Gasteiger partial charge in [-0.2, -0.15) is 0 Å². The zero-order valence-corrected chi connectivity index (χ0v) is 21.3. The van der Waals surface area contributed by atoms with Gasteiger partial charge in [0, 0.05) is 11.5 Å². The van der Waals surface area contributed by atoms with Crippen LogP contribution in [0.25, 0.3) is 10.8 Å².